The van der Waals surface area contributed by atoms with Crippen LogP contribution in [-0.4, -0.2) is 38.1 Å². The Bertz CT molecular complexity index is 1080. The lowest BCUT2D eigenvalue weighted by molar-refractivity contribution is -0.171. The third-order valence-corrected chi connectivity index (χ3v) is 10.8. The number of halogens is 1. The van der Waals surface area contributed by atoms with Crippen molar-refractivity contribution in [1.29, 1.82) is 0 Å². The average molecular weight is 478 g/mol. The second kappa shape index (κ2) is 7.77. The summed E-state index contributed by atoms with van der Waals surface area (Å²) in [5.74, 6) is -0.323. The number of rotatable bonds is 9. The van der Waals surface area contributed by atoms with E-state index in [-0.39, 0.29) is 17.4 Å². The van der Waals surface area contributed by atoms with Gasteiger partial charge >= 0.3 is 0 Å². The molecule has 33 heavy (non-hydrogen) atoms. The smallest absolute Gasteiger partial charge is 0.245 e. The summed E-state index contributed by atoms with van der Waals surface area (Å²) in [7, 11) is -3.99. The number of carbonyl (C=O) groups excluding carboxylic acids is 2. The van der Waals surface area contributed by atoms with Gasteiger partial charge < -0.3 is 11.1 Å². The number of nitrogens with one attached hydrogen (secondary N) is 1. The standard InChI is InChI=1S/C24H32FN3O4S/c1-2-28(13-15-3-4-15)33(31,32)21-6-5-18(10-20(21)25)24(27-14-29)19-8-16-7-17(9-19)12-23(24,11-16)22(26)30/h5-6,10,14-17,19H,2-4,7-9,11-13H2,1H3,(H2,26,30)(H,27,29). The first-order valence-corrected chi connectivity index (χ1v) is 13.4. The molecule has 6 rings (SSSR count). The summed E-state index contributed by atoms with van der Waals surface area (Å²) < 4.78 is 43.2. The fraction of sp³-hybridized carbons (Fsp3) is 0.667. The summed E-state index contributed by atoms with van der Waals surface area (Å²) in [5, 5.41) is 2.93. The van der Waals surface area contributed by atoms with E-state index in [0.29, 0.717) is 49.1 Å². The van der Waals surface area contributed by atoms with E-state index in [0.717, 1.165) is 32.1 Å². The van der Waals surface area contributed by atoms with E-state index in [4.69, 9.17) is 5.73 Å². The Labute approximate surface area is 194 Å². The first-order chi connectivity index (χ1) is 15.7. The number of benzene rings is 1. The van der Waals surface area contributed by atoms with Gasteiger partial charge in [0, 0.05) is 13.1 Å². The molecule has 1 aromatic rings. The molecule has 0 aliphatic heterocycles. The third kappa shape index (κ3) is 3.26. The van der Waals surface area contributed by atoms with Gasteiger partial charge in [-0.25, -0.2) is 12.8 Å². The molecule has 5 fully saturated rings. The average Bonchev–Trinajstić information content (AvgIpc) is 3.58. The Kier molecular flexibility index (Phi) is 5.36. The molecule has 5 aliphatic rings. The zero-order valence-corrected chi connectivity index (χ0v) is 19.7. The molecule has 0 saturated heterocycles. The molecular weight excluding hydrogens is 445 g/mol. The van der Waals surface area contributed by atoms with Gasteiger partial charge in [-0.1, -0.05) is 13.0 Å². The third-order valence-electron chi connectivity index (χ3n) is 8.82. The zero-order chi connectivity index (χ0) is 23.6. The molecule has 5 aliphatic carbocycles. The van der Waals surface area contributed by atoms with Crippen molar-refractivity contribution in [2.24, 2.45) is 34.8 Å². The van der Waals surface area contributed by atoms with Gasteiger partial charge in [0.1, 0.15) is 10.7 Å². The molecule has 0 aromatic heterocycles. The lowest BCUT2D eigenvalue weighted by Gasteiger charge is -2.66. The summed E-state index contributed by atoms with van der Waals surface area (Å²) in [5.41, 5.74) is 4.29. The van der Waals surface area contributed by atoms with Crippen LogP contribution in [0.5, 0.6) is 0 Å². The van der Waals surface area contributed by atoms with Gasteiger partial charge in [0.15, 0.2) is 0 Å². The molecule has 0 radical (unpaired) electrons. The molecule has 7 nitrogen and oxygen atoms in total. The van der Waals surface area contributed by atoms with Crippen molar-refractivity contribution >= 4 is 22.3 Å². The van der Waals surface area contributed by atoms with Crippen molar-refractivity contribution in [1.82, 2.24) is 9.62 Å². The minimum atomic E-state index is -3.99. The van der Waals surface area contributed by atoms with E-state index in [1.807, 2.05) is 0 Å². The van der Waals surface area contributed by atoms with E-state index < -0.39 is 32.7 Å². The lowest BCUT2D eigenvalue weighted by atomic mass is 9.40. The van der Waals surface area contributed by atoms with Crippen LogP contribution in [-0.2, 0) is 25.2 Å². The molecule has 0 spiro atoms. The number of nitrogens with zero attached hydrogens (tertiary/aromatic N) is 1. The highest BCUT2D eigenvalue weighted by molar-refractivity contribution is 7.89. The van der Waals surface area contributed by atoms with Gasteiger partial charge in [0.05, 0.1) is 11.0 Å². The van der Waals surface area contributed by atoms with Gasteiger partial charge in [-0.05, 0) is 86.3 Å². The van der Waals surface area contributed by atoms with Crippen LogP contribution in [0.15, 0.2) is 23.1 Å². The van der Waals surface area contributed by atoms with Crippen molar-refractivity contribution < 1.29 is 22.4 Å². The largest absolute Gasteiger partial charge is 0.369 e. The van der Waals surface area contributed by atoms with E-state index in [2.05, 4.69) is 5.32 Å². The first-order valence-electron chi connectivity index (χ1n) is 12.0. The number of amides is 2. The summed E-state index contributed by atoms with van der Waals surface area (Å²) in [6.45, 7) is 2.42. The first kappa shape index (κ1) is 22.8. The molecule has 0 heterocycles. The Balaban J connectivity index is 1.59. The normalized spacial score (nSPS) is 35.1. The van der Waals surface area contributed by atoms with E-state index in [1.165, 1.54) is 16.4 Å². The number of carbonyl (C=O) groups is 2. The molecule has 180 valence electrons. The maximum atomic E-state index is 15.5. The molecule has 3 N–H and O–H groups in total. The highest BCUT2D eigenvalue weighted by Crippen LogP contribution is 2.67. The molecule has 5 saturated carbocycles. The highest BCUT2D eigenvalue weighted by Gasteiger charge is 2.69. The number of sulfonamides is 1. The van der Waals surface area contributed by atoms with Crippen LogP contribution < -0.4 is 11.1 Å². The molecule has 3 atom stereocenters. The molecule has 9 heteroatoms. The number of hydrogen-bond acceptors (Lipinski definition) is 4. The second-order valence-corrected chi connectivity index (χ2v) is 12.5. The number of nitrogens with two attached hydrogens (primary N) is 1. The predicted octanol–water partition coefficient (Wildman–Crippen LogP) is 2.50. The minimum absolute atomic E-state index is 0.0506. The second-order valence-electron chi connectivity index (χ2n) is 10.6. The van der Waals surface area contributed by atoms with E-state index in [1.54, 1.807) is 13.0 Å². The van der Waals surface area contributed by atoms with Crippen molar-refractivity contribution in [2.45, 2.75) is 62.3 Å². The summed E-state index contributed by atoms with van der Waals surface area (Å²) >= 11 is 0. The molecular formula is C24H32FN3O4S. The van der Waals surface area contributed by atoms with Crippen LogP contribution in [0.2, 0.25) is 0 Å². The topological polar surface area (TPSA) is 110 Å². The van der Waals surface area contributed by atoms with Crippen LogP contribution in [0.3, 0.4) is 0 Å². The van der Waals surface area contributed by atoms with Crippen LogP contribution in [0.4, 0.5) is 4.39 Å². The number of primary amides is 1. The number of hydrogen-bond donors (Lipinski definition) is 2. The quantitative estimate of drug-likeness (QED) is 0.533. The summed E-state index contributed by atoms with van der Waals surface area (Å²) in [6.07, 6.45) is 6.40. The van der Waals surface area contributed by atoms with Crippen molar-refractivity contribution in [3.05, 3.63) is 29.6 Å². The van der Waals surface area contributed by atoms with Crippen molar-refractivity contribution in [2.75, 3.05) is 13.1 Å². The van der Waals surface area contributed by atoms with Crippen LogP contribution in [0.1, 0.15) is 57.4 Å². The summed E-state index contributed by atoms with van der Waals surface area (Å²) in [4.78, 5) is 24.4. The monoisotopic (exact) mass is 477 g/mol. The van der Waals surface area contributed by atoms with Gasteiger partial charge in [-0.2, -0.15) is 4.31 Å². The predicted molar refractivity (Wildman–Crippen MR) is 120 cm³/mol. The fourth-order valence-corrected chi connectivity index (χ4v) is 9.02. The Morgan fingerprint density at radius 2 is 1.91 bits per heavy atom. The van der Waals surface area contributed by atoms with Gasteiger partial charge in [-0.15, -0.1) is 0 Å². The Morgan fingerprint density at radius 1 is 1.24 bits per heavy atom. The maximum Gasteiger partial charge on any atom is 0.245 e. The maximum absolute atomic E-state index is 15.5. The van der Waals surface area contributed by atoms with Gasteiger partial charge in [-0.3, -0.25) is 9.59 Å². The van der Waals surface area contributed by atoms with E-state index >= 15 is 4.39 Å². The van der Waals surface area contributed by atoms with E-state index in [9.17, 15) is 18.0 Å². The molecule has 2 amide bonds. The highest BCUT2D eigenvalue weighted by atomic mass is 32.2. The molecule has 3 unspecified atom stereocenters. The lowest BCUT2D eigenvalue weighted by Crippen LogP contribution is -2.71. The minimum Gasteiger partial charge on any atom is -0.369 e. The summed E-state index contributed by atoms with van der Waals surface area (Å²) in [6, 6.07) is 4.08. The van der Waals surface area contributed by atoms with Crippen LogP contribution in [0, 0.1) is 34.9 Å². The molecule has 1 aromatic carbocycles. The Hall–Kier alpha value is -2.00. The van der Waals surface area contributed by atoms with Crippen molar-refractivity contribution in [3.63, 3.8) is 0 Å². The van der Waals surface area contributed by atoms with Crippen molar-refractivity contribution in [3.8, 4) is 0 Å². The van der Waals surface area contributed by atoms with Crippen LogP contribution in [0.25, 0.3) is 0 Å². The van der Waals surface area contributed by atoms with Gasteiger partial charge in [0.25, 0.3) is 0 Å². The zero-order valence-electron chi connectivity index (χ0n) is 18.9. The SMILES string of the molecule is CCN(CC1CC1)S(=O)(=O)c1ccc(C2(NC=O)C3CC4CC(C3)CC2(C(N)=O)C4)cc1F. The Morgan fingerprint density at radius 3 is 2.42 bits per heavy atom. The van der Waals surface area contributed by atoms with Crippen LogP contribution >= 0.6 is 0 Å². The fourth-order valence-electron chi connectivity index (χ4n) is 7.45. The molecule has 4 bridgehead atoms. The van der Waals surface area contributed by atoms with Gasteiger partial charge in [0.2, 0.25) is 22.3 Å².